The first-order chi connectivity index (χ1) is 8.15. The van der Waals surface area contributed by atoms with E-state index in [1.807, 2.05) is 6.92 Å². The van der Waals surface area contributed by atoms with E-state index >= 15 is 0 Å². The molecule has 0 aliphatic heterocycles. The highest BCUT2D eigenvalue weighted by atomic mass is 79.9. The zero-order valence-electron chi connectivity index (χ0n) is 9.72. The van der Waals surface area contributed by atoms with Crippen molar-refractivity contribution < 1.29 is 9.18 Å². The van der Waals surface area contributed by atoms with Gasteiger partial charge in [0.25, 0.3) is 5.91 Å². The maximum atomic E-state index is 12.8. The van der Waals surface area contributed by atoms with Crippen LogP contribution in [0, 0.1) is 5.82 Å². The van der Waals surface area contributed by atoms with E-state index in [9.17, 15) is 9.18 Å². The number of carbonyl (C=O) groups excluding carboxylic acids is 1. The summed E-state index contributed by atoms with van der Waals surface area (Å²) in [6, 6.07) is 4.03. The fraction of sp³-hybridized carbons (Fsp3) is 0.417. The Bertz CT molecular complexity index is 385. The molecule has 0 aromatic heterocycles. The zero-order chi connectivity index (χ0) is 12.7. The van der Waals surface area contributed by atoms with Gasteiger partial charge in [0.05, 0.1) is 5.56 Å². The molecule has 1 rings (SSSR count). The first-order valence-electron chi connectivity index (χ1n) is 5.59. The minimum absolute atomic E-state index is 0.187. The fourth-order valence-electron chi connectivity index (χ4n) is 1.36. The van der Waals surface area contributed by atoms with E-state index in [-0.39, 0.29) is 11.7 Å². The fourth-order valence-corrected chi connectivity index (χ4v) is 1.89. The van der Waals surface area contributed by atoms with Crippen LogP contribution in [-0.4, -0.2) is 25.5 Å². The highest BCUT2D eigenvalue weighted by Crippen LogP contribution is 2.17. The molecule has 0 atom stereocenters. The normalized spacial score (nSPS) is 10.3. The number of amides is 1. The Morgan fingerprint density at radius 1 is 1.41 bits per heavy atom. The SMILES string of the molecule is CCNCCCNC(=O)c1ccc(F)cc1Br. The van der Waals surface area contributed by atoms with Gasteiger partial charge in [-0.2, -0.15) is 0 Å². The van der Waals surface area contributed by atoms with Gasteiger partial charge >= 0.3 is 0 Å². The van der Waals surface area contributed by atoms with E-state index in [1.54, 1.807) is 0 Å². The number of nitrogens with one attached hydrogen (secondary N) is 2. The number of hydrogen-bond donors (Lipinski definition) is 2. The summed E-state index contributed by atoms with van der Waals surface area (Å²) >= 11 is 3.17. The molecule has 94 valence electrons. The molecule has 17 heavy (non-hydrogen) atoms. The second-order valence-corrected chi connectivity index (χ2v) is 4.44. The molecule has 0 spiro atoms. The van der Waals surface area contributed by atoms with Crippen molar-refractivity contribution >= 4 is 21.8 Å². The summed E-state index contributed by atoms with van der Waals surface area (Å²) in [6.45, 7) is 4.45. The van der Waals surface area contributed by atoms with Gasteiger partial charge in [-0.1, -0.05) is 6.92 Å². The first kappa shape index (κ1) is 14.1. The van der Waals surface area contributed by atoms with Gasteiger partial charge in [-0.15, -0.1) is 0 Å². The van der Waals surface area contributed by atoms with E-state index in [1.165, 1.54) is 18.2 Å². The van der Waals surface area contributed by atoms with Crippen molar-refractivity contribution in [2.75, 3.05) is 19.6 Å². The predicted molar refractivity (Wildman–Crippen MR) is 69.6 cm³/mol. The van der Waals surface area contributed by atoms with Crippen LogP contribution in [0.4, 0.5) is 4.39 Å². The van der Waals surface area contributed by atoms with E-state index in [2.05, 4.69) is 26.6 Å². The standard InChI is InChI=1S/C12H16BrFN2O/c1-2-15-6-3-7-16-12(17)10-5-4-9(14)8-11(10)13/h4-5,8,15H,2-3,6-7H2,1H3,(H,16,17). The monoisotopic (exact) mass is 302 g/mol. The molecular weight excluding hydrogens is 287 g/mol. The van der Waals surface area contributed by atoms with E-state index in [0.29, 0.717) is 16.6 Å². The third kappa shape index (κ3) is 4.83. The van der Waals surface area contributed by atoms with Crippen molar-refractivity contribution in [3.63, 3.8) is 0 Å². The van der Waals surface area contributed by atoms with Crippen LogP contribution < -0.4 is 10.6 Å². The minimum atomic E-state index is -0.361. The van der Waals surface area contributed by atoms with Crippen LogP contribution in [0.3, 0.4) is 0 Å². The van der Waals surface area contributed by atoms with E-state index < -0.39 is 0 Å². The number of hydrogen-bond acceptors (Lipinski definition) is 2. The molecule has 5 heteroatoms. The van der Waals surface area contributed by atoms with E-state index in [4.69, 9.17) is 0 Å². The molecule has 1 aromatic carbocycles. The van der Waals surface area contributed by atoms with Crippen LogP contribution in [0.2, 0.25) is 0 Å². The molecule has 1 amide bonds. The molecule has 0 saturated carbocycles. The Morgan fingerprint density at radius 2 is 2.18 bits per heavy atom. The molecule has 0 radical (unpaired) electrons. The van der Waals surface area contributed by atoms with Gasteiger partial charge in [-0.25, -0.2) is 4.39 Å². The van der Waals surface area contributed by atoms with Gasteiger partial charge in [0.2, 0.25) is 0 Å². The van der Waals surface area contributed by atoms with Gasteiger partial charge < -0.3 is 10.6 Å². The summed E-state index contributed by atoms with van der Waals surface area (Å²) < 4.78 is 13.3. The topological polar surface area (TPSA) is 41.1 Å². The Balaban J connectivity index is 2.42. The quantitative estimate of drug-likeness (QED) is 0.792. The molecular formula is C12H16BrFN2O. The lowest BCUT2D eigenvalue weighted by Crippen LogP contribution is -2.27. The second kappa shape index (κ2) is 7.40. The number of carbonyl (C=O) groups is 1. The van der Waals surface area contributed by atoms with Crippen molar-refractivity contribution in [1.29, 1.82) is 0 Å². The van der Waals surface area contributed by atoms with Gasteiger partial charge in [0, 0.05) is 11.0 Å². The third-order valence-electron chi connectivity index (χ3n) is 2.24. The lowest BCUT2D eigenvalue weighted by atomic mass is 10.2. The lowest BCUT2D eigenvalue weighted by Gasteiger charge is -2.07. The maximum Gasteiger partial charge on any atom is 0.252 e. The number of rotatable bonds is 6. The van der Waals surface area contributed by atoms with Crippen molar-refractivity contribution in [3.8, 4) is 0 Å². The summed E-state index contributed by atoms with van der Waals surface area (Å²) in [5.74, 6) is -0.547. The summed E-state index contributed by atoms with van der Waals surface area (Å²) in [7, 11) is 0. The van der Waals surface area contributed by atoms with Crippen LogP contribution in [0.25, 0.3) is 0 Å². The zero-order valence-corrected chi connectivity index (χ0v) is 11.3. The Hall–Kier alpha value is -0.940. The minimum Gasteiger partial charge on any atom is -0.352 e. The Labute approximate surface area is 109 Å². The number of halogens is 2. The van der Waals surface area contributed by atoms with Gasteiger partial charge in [-0.05, 0) is 53.6 Å². The van der Waals surface area contributed by atoms with Crippen molar-refractivity contribution in [3.05, 3.63) is 34.1 Å². The third-order valence-corrected chi connectivity index (χ3v) is 2.90. The number of benzene rings is 1. The highest BCUT2D eigenvalue weighted by Gasteiger charge is 2.09. The summed E-state index contributed by atoms with van der Waals surface area (Å²) in [4.78, 5) is 11.7. The second-order valence-electron chi connectivity index (χ2n) is 3.59. The van der Waals surface area contributed by atoms with Crippen molar-refractivity contribution in [2.45, 2.75) is 13.3 Å². The van der Waals surface area contributed by atoms with Crippen LogP contribution in [0.15, 0.2) is 22.7 Å². The van der Waals surface area contributed by atoms with E-state index in [0.717, 1.165) is 19.5 Å². The largest absolute Gasteiger partial charge is 0.352 e. The van der Waals surface area contributed by atoms with Crippen molar-refractivity contribution in [2.24, 2.45) is 0 Å². The smallest absolute Gasteiger partial charge is 0.252 e. The predicted octanol–water partition coefficient (Wildman–Crippen LogP) is 2.32. The molecule has 0 aliphatic rings. The highest BCUT2D eigenvalue weighted by molar-refractivity contribution is 9.10. The molecule has 1 aromatic rings. The average molecular weight is 303 g/mol. The molecule has 0 aliphatic carbocycles. The molecule has 2 N–H and O–H groups in total. The van der Waals surface area contributed by atoms with Crippen LogP contribution in [0.5, 0.6) is 0 Å². The van der Waals surface area contributed by atoms with Crippen LogP contribution in [0.1, 0.15) is 23.7 Å². The van der Waals surface area contributed by atoms with Gasteiger partial charge in [0.1, 0.15) is 5.82 Å². The first-order valence-corrected chi connectivity index (χ1v) is 6.38. The average Bonchev–Trinajstić information content (AvgIpc) is 2.28. The van der Waals surface area contributed by atoms with Crippen LogP contribution in [-0.2, 0) is 0 Å². The van der Waals surface area contributed by atoms with Gasteiger partial charge in [0.15, 0.2) is 0 Å². The molecule has 0 fully saturated rings. The Kier molecular flexibility index (Phi) is 6.15. The van der Waals surface area contributed by atoms with Crippen LogP contribution >= 0.6 is 15.9 Å². The molecule has 0 heterocycles. The lowest BCUT2D eigenvalue weighted by molar-refractivity contribution is 0.0952. The summed E-state index contributed by atoms with van der Waals surface area (Å²) in [5, 5.41) is 5.96. The molecule has 0 saturated heterocycles. The molecule has 0 bridgehead atoms. The van der Waals surface area contributed by atoms with Gasteiger partial charge in [-0.3, -0.25) is 4.79 Å². The summed E-state index contributed by atoms with van der Waals surface area (Å²) in [5.41, 5.74) is 0.454. The van der Waals surface area contributed by atoms with Crippen molar-refractivity contribution in [1.82, 2.24) is 10.6 Å². The summed E-state index contributed by atoms with van der Waals surface area (Å²) in [6.07, 6.45) is 0.873. The Morgan fingerprint density at radius 3 is 2.82 bits per heavy atom. The maximum absolute atomic E-state index is 12.8. The molecule has 0 unspecified atom stereocenters. The molecule has 3 nitrogen and oxygen atoms in total.